The lowest BCUT2D eigenvalue weighted by molar-refractivity contribution is -0.141. The van der Waals surface area contributed by atoms with Crippen LogP contribution in [0, 0.1) is 5.82 Å². The second-order valence-corrected chi connectivity index (χ2v) is 4.43. The summed E-state index contributed by atoms with van der Waals surface area (Å²) in [6.07, 6.45) is -3.57. The molecule has 1 amide bonds. The largest absolute Gasteiger partial charge is 0.433 e. The van der Waals surface area contributed by atoms with Crippen molar-refractivity contribution in [3.8, 4) is 0 Å². The molecule has 1 aromatic carbocycles. The number of rotatable bonds is 5. The highest BCUT2D eigenvalue weighted by Crippen LogP contribution is 2.27. The van der Waals surface area contributed by atoms with E-state index in [2.05, 4.69) is 20.6 Å². The lowest BCUT2D eigenvalue weighted by Gasteiger charge is -2.09. The van der Waals surface area contributed by atoms with Gasteiger partial charge in [-0.05, 0) is 18.2 Å². The van der Waals surface area contributed by atoms with Gasteiger partial charge in [0.25, 0.3) is 5.91 Å². The SMILES string of the molecule is O=C(NCCNc1nccc(C(F)(F)F)n1)c1ccccc1F. The van der Waals surface area contributed by atoms with Crippen molar-refractivity contribution < 1.29 is 22.4 Å². The highest BCUT2D eigenvalue weighted by Gasteiger charge is 2.32. The molecule has 23 heavy (non-hydrogen) atoms. The van der Waals surface area contributed by atoms with Crippen LogP contribution in [0.15, 0.2) is 36.5 Å². The van der Waals surface area contributed by atoms with Gasteiger partial charge in [-0.15, -0.1) is 0 Å². The molecule has 9 heteroatoms. The number of aromatic nitrogens is 2. The zero-order chi connectivity index (χ0) is 16.9. The van der Waals surface area contributed by atoms with Crippen molar-refractivity contribution in [2.24, 2.45) is 0 Å². The molecule has 0 saturated heterocycles. The molecule has 2 aromatic rings. The summed E-state index contributed by atoms with van der Waals surface area (Å²) in [7, 11) is 0. The van der Waals surface area contributed by atoms with Crippen LogP contribution in [0.2, 0.25) is 0 Å². The number of hydrogen-bond donors (Lipinski definition) is 2. The van der Waals surface area contributed by atoms with E-state index in [0.717, 1.165) is 18.3 Å². The molecular formula is C14H12F4N4O. The third-order valence-corrected chi connectivity index (χ3v) is 2.76. The van der Waals surface area contributed by atoms with Gasteiger partial charge in [0.2, 0.25) is 5.95 Å². The van der Waals surface area contributed by atoms with Crippen LogP contribution in [0.5, 0.6) is 0 Å². The summed E-state index contributed by atoms with van der Waals surface area (Å²) in [6.45, 7) is 0.147. The number of alkyl halides is 3. The third-order valence-electron chi connectivity index (χ3n) is 2.76. The van der Waals surface area contributed by atoms with Crippen molar-refractivity contribution in [1.29, 1.82) is 0 Å². The molecule has 0 aliphatic carbocycles. The van der Waals surface area contributed by atoms with Crippen LogP contribution in [0.25, 0.3) is 0 Å². The van der Waals surface area contributed by atoms with Gasteiger partial charge in [0.05, 0.1) is 5.56 Å². The number of carbonyl (C=O) groups excluding carboxylic acids is 1. The second kappa shape index (κ2) is 7.03. The van der Waals surface area contributed by atoms with Crippen molar-refractivity contribution >= 4 is 11.9 Å². The normalized spacial score (nSPS) is 11.1. The second-order valence-electron chi connectivity index (χ2n) is 4.43. The molecule has 0 fully saturated rings. The summed E-state index contributed by atoms with van der Waals surface area (Å²) in [5.41, 5.74) is -1.17. The quantitative estimate of drug-likeness (QED) is 0.654. The standard InChI is InChI=1S/C14H12F4N4O/c15-10-4-2-1-3-9(10)12(23)19-7-8-21-13-20-6-5-11(22-13)14(16,17)18/h1-6H,7-8H2,(H,19,23)(H,20,21,22). The number of carbonyl (C=O) groups is 1. The minimum absolute atomic E-state index is 0.0623. The zero-order valence-corrected chi connectivity index (χ0v) is 11.7. The van der Waals surface area contributed by atoms with Gasteiger partial charge >= 0.3 is 6.18 Å². The Morgan fingerprint density at radius 3 is 2.57 bits per heavy atom. The Labute approximate surface area is 128 Å². The van der Waals surface area contributed by atoms with Crippen LogP contribution in [-0.2, 0) is 6.18 Å². The Kier molecular flexibility index (Phi) is 5.09. The number of nitrogens with zero attached hydrogens (tertiary/aromatic N) is 2. The Hall–Kier alpha value is -2.71. The topological polar surface area (TPSA) is 66.9 Å². The van der Waals surface area contributed by atoms with E-state index in [1.165, 1.54) is 18.2 Å². The number of anilines is 1. The maximum absolute atomic E-state index is 13.4. The summed E-state index contributed by atoms with van der Waals surface area (Å²) in [5, 5.41) is 4.98. The summed E-state index contributed by atoms with van der Waals surface area (Å²) >= 11 is 0. The first kappa shape index (κ1) is 16.7. The van der Waals surface area contributed by atoms with Crippen LogP contribution >= 0.6 is 0 Å². The fourth-order valence-corrected chi connectivity index (χ4v) is 1.69. The molecule has 2 N–H and O–H groups in total. The van der Waals surface area contributed by atoms with E-state index in [4.69, 9.17) is 0 Å². The predicted molar refractivity (Wildman–Crippen MR) is 74.3 cm³/mol. The van der Waals surface area contributed by atoms with Gasteiger partial charge in [0.1, 0.15) is 11.5 Å². The molecule has 0 bridgehead atoms. The lowest BCUT2D eigenvalue weighted by atomic mass is 10.2. The van der Waals surface area contributed by atoms with Crippen molar-refractivity contribution in [3.05, 3.63) is 53.6 Å². The first-order valence-electron chi connectivity index (χ1n) is 6.55. The average Bonchev–Trinajstić information content (AvgIpc) is 2.51. The molecule has 1 aromatic heterocycles. The van der Waals surface area contributed by atoms with Crippen molar-refractivity contribution in [1.82, 2.24) is 15.3 Å². The van der Waals surface area contributed by atoms with E-state index in [1.807, 2.05) is 0 Å². The Morgan fingerprint density at radius 2 is 1.87 bits per heavy atom. The molecule has 0 spiro atoms. The van der Waals surface area contributed by atoms with E-state index < -0.39 is 23.6 Å². The fraction of sp³-hybridized carbons (Fsp3) is 0.214. The molecule has 2 rings (SSSR count). The molecular weight excluding hydrogens is 316 g/mol. The summed E-state index contributed by atoms with van der Waals surface area (Å²) < 4.78 is 50.8. The van der Waals surface area contributed by atoms with E-state index in [0.29, 0.717) is 0 Å². The van der Waals surface area contributed by atoms with E-state index in [-0.39, 0.29) is 24.6 Å². The van der Waals surface area contributed by atoms with Gasteiger partial charge in [-0.25, -0.2) is 14.4 Å². The predicted octanol–water partition coefficient (Wildman–Crippen LogP) is 2.48. The number of nitrogens with one attached hydrogen (secondary N) is 2. The fourth-order valence-electron chi connectivity index (χ4n) is 1.69. The van der Waals surface area contributed by atoms with Gasteiger partial charge in [0, 0.05) is 19.3 Å². The molecule has 0 saturated carbocycles. The van der Waals surface area contributed by atoms with E-state index in [1.54, 1.807) is 0 Å². The van der Waals surface area contributed by atoms with Crippen LogP contribution in [-0.4, -0.2) is 29.0 Å². The first-order chi connectivity index (χ1) is 10.9. The van der Waals surface area contributed by atoms with Gasteiger partial charge in [-0.3, -0.25) is 4.79 Å². The van der Waals surface area contributed by atoms with Crippen LogP contribution in [0.3, 0.4) is 0 Å². The molecule has 0 atom stereocenters. The summed E-state index contributed by atoms with van der Waals surface area (Å²) in [5.74, 6) is -1.48. The minimum atomic E-state index is -4.56. The number of amides is 1. The monoisotopic (exact) mass is 328 g/mol. The molecule has 122 valence electrons. The van der Waals surface area contributed by atoms with Gasteiger partial charge in [-0.2, -0.15) is 13.2 Å². The van der Waals surface area contributed by atoms with Crippen molar-refractivity contribution in [2.45, 2.75) is 6.18 Å². The summed E-state index contributed by atoms with van der Waals surface area (Å²) in [4.78, 5) is 18.7. The minimum Gasteiger partial charge on any atom is -0.352 e. The smallest absolute Gasteiger partial charge is 0.352 e. The molecule has 1 heterocycles. The van der Waals surface area contributed by atoms with Gasteiger partial charge in [-0.1, -0.05) is 12.1 Å². The van der Waals surface area contributed by atoms with Gasteiger partial charge in [0.15, 0.2) is 0 Å². The van der Waals surface area contributed by atoms with Crippen LogP contribution in [0.4, 0.5) is 23.5 Å². The van der Waals surface area contributed by atoms with E-state index >= 15 is 0 Å². The molecule has 0 unspecified atom stereocenters. The number of halogens is 4. The Morgan fingerprint density at radius 1 is 1.13 bits per heavy atom. The highest BCUT2D eigenvalue weighted by molar-refractivity contribution is 5.94. The molecule has 5 nitrogen and oxygen atoms in total. The number of hydrogen-bond acceptors (Lipinski definition) is 4. The average molecular weight is 328 g/mol. The maximum Gasteiger partial charge on any atom is 0.433 e. The van der Waals surface area contributed by atoms with Gasteiger partial charge < -0.3 is 10.6 Å². The summed E-state index contributed by atoms with van der Waals surface area (Å²) in [6, 6.07) is 6.22. The molecule has 0 radical (unpaired) electrons. The third kappa shape index (κ3) is 4.63. The lowest BCUT2D eigenvalue weighted by Crippen LogP contribution is -2.29. The number of benzene rings is 1. The molecule has 0 aliphatic rings. The highest BCUT2D eigenvalue weighted by atomic mass is 19.4. The van der Waals surface area contributed by atoms with E-state index in [9.17, 15) is 22.4 Å². The van der Waals surface area contributed by atoms with Crippen molar-refractivity contribution in [2.75, 3.05) is 18.4 Å². The Balaban J connectivity index is 1.84. The van der Waals surface area contributed by atoms with Crippen LogP contribution in [0.1, 0.15) is 16.1 Å². The zero-order valence-electron chi connectivity index (χ0n) is 11.7. The Bertz CT molecular complexity index is 690. The maximum atomic E-state index is 13.4. The first-order valence-corrected chi connectivity index (χ1v) is 6.55. The molecule has 0 aliphatic heterocycles. The van der Waals surface area contributed by atoms with Crippen molar-refractivity contribution in [3.63, 3.8) is 0 Å². The van der Waals surface area contributed by atoms with Crippen LogP contribution < -0.4 is 10.6 Å².